The largest absolute Gasteiger partial charge is 0.457 e. The van der Waals surface area contributed by atoms with Crippen LogP contribution >= 0.6 is 0 Å². The molecule has 4 heterocycles. The first-order valence-electron chi connectivity index (χ1n) is 22.9. The van der Waals surface area contributed by atoms with Crippen molar-refractivity contribution in [3.63, 3.8) is 0 Å². The van der Waals surface area contributed by atoms with Crippen molar-refractivity contribution in [3.8, 4) is 17.3 Å². The number of benzene rings is 5. The Morgan fingerprint density at radius 3 is 1.85 bits per heavy atom. The van der Waals surface area contributed by atoms with E-state index in [2.05, 4.69) is 217 Å². The molecule has 2 atom stereocenters. The van der Waals surface area contributed by atoms with Gasteiger partial charge in [-0.15, -0.1) is 0 Å². The van der Waals surface area contributed by atoms with E-state index in [1.54, 1.807) is 0 Å². The van der Waals surface area contributed by atoms with E-state index in [9.17, 15) is 0 Å². The van der Waals surface area contributed by atoms with Gasteiger partial charge in [-0.3, -0.25) is 4.57 Å². The van der Waals surface area contributed by atoms with Crippen molar-refractivity contribution < 1.29 is 4.74 Å². The first kappa shape index (κ1) is 42.1. The molecule has 0 N–H and O–H groups in total. The molecule has 0 amide bonds. The summed E-state index contributed by atoms with van der Waals surface area (Å²) in [5.74, 6) is 3.10. The average molecular weight is 824 g/mol. The van der Waals surface area contributed by atoms with Gasteiger partial charge in [-0.1, -0.05) is 121 Å². The predicted octanol–water partition coefficient (Wildman–Crippen LogP) is 16.4. The molecule has 0 bridgehead atoms. The smallest absolute Gasteiger partial charge is 0.225 e. The van der Waals surface area contributed by atoms with Gasteiger partial charge in [-0.25, -0.2) is 4.98 Å². The van der Waals surface area contributed by atoms with Gasteiger partial charge in [-0.05, 0) is 111 Å². The van der Waals surface area contributed by atoms with Crippen LogP contribution in [0.4, 0.5) is 22.7 Å². The molecule has 2 aliphatic heterocycles. The number of nitrogens with zero attached hydrogens (tertiary/aromatic N) is 4. The minimum absolute atomic E-state index is 0.0152. The Morgan fingerprint density at radius 1 is 0.532 bits per heavy atom. The van der Waals surface area contributed by atoms with Crippen molar-refractivity contribution in [3.05, 3.63) is 150 Å². The first-order valence-corrected chi connectivity index (χ1v) is 22.9. The van der Waals surface area contributed by atoms with E-state index in [0.29, 0.717) is 15.1 Å². The van der Waals surface area contributed by atoms with Gasteiger partial charge < -0.3 is 4.74 Å². The van der Waals surface area contributed by atoms with Gasteiger partial charge in [0.25, 0.3) is 0 Å². The van der Waals surface area contributed by atoms with Gasteiger partial charge in [0.2, 0.25) is 11.4 Å². The number of quaternary nitrogens is 2. The predicted molar refractivity (Wildman–Crippen MR) is 263 cm³/mol. The van der Waals surface area contributed by atoms with Gasteiger partial charge in [0, 0.05) is 59.4 Å². The van der Waals surface area contributed by atoms with Crippen LogP contribution in [0.3, 0.4) is 0 Å². The number of hydrogen-bond acceptors (Lipinski definition) is 2. The molecule has 0 aliphatic carbocycles. The number of rotatable bonds is 8. The quantitative estimate of drug-likeness (QED) is 0.0867. The molecule has 320 valence electrons. The summed E-state index contributed by atoms with van der Waals surface area (Å²) in [6.07, 6.45) is 4.22. The van der Waals surface area contributed by atoms with Crippen molar-refractivity contribution >= 4 is 44.6 Å². The van der Waals surface area contributed by atoms with Crippen LogP contribution < -0.4 is 13.9 Å². The molecule has 5 nitrogen and oxygen atoms in total. The highest BCUT2D eigenvalue weighted by atomic mass is 16.5. The fourth-order valence-electron chi connectivity index (χ4n) is 9.91. The summed E-state index contributed by atoms with van der Waals surface area (Å²) >= 11 is 0. The van der Waals surface area contributed by atoms with Crippen LogP contribution in [0, 0.1) is 6.67 Å². The second-order valence-electron chi connectivity index (χ2n) is 22.3. The van der Waals surface area contributed by atoms with E-state index in [4.69, 9.17) is 9.72 Å². The van der Waals surface area contributed by atoms with Crippen molar-refractivity contribution in [1.82, 2.24) is 18.7 Å². The lowest BCUT2D eigenvalue weighted by molar-refractivity contribution is 0.420. The van der Waals surface area contributed by atoms with Gasteiger partial charge in [0.05, 0.1) is 11.0 Å². The summed E-state index contributed by atoms with van der Waals surface area (Å²) in [7, 11) is 0. The van der Waals surface area contributed by atoms with Crippen molar-refractivity contribution in [2.45, 2.75) is 137 Å². The summed E-state index contributed by atoms with van der Waals surface area (Å²) < 4.78 is 10.7. The lowest BCUT2D eigenvalue weighted by Gasteiger charge is -2.41. The Bertz CT molecular complexity index is 2890. The third-order valence-corrected chi connectivity index (χ3v) is 13.9. The SMILES string of the molecule is CCC(CC)c1cccc([N@+]23[CH-][N+]2(c2cc(Oc4ccc5c6cc(C(C)(C)C)ccc6n(-c6cc(C(C)(C)C)ccn6)c5c4)cc(C(C)(C)C)c2)c2cc(C(C)(C)C)ccc23)c1. The maximum atomic E-state index is 7.11. The Hall–Kier alpha value is -5.23. The zero-order valence-electron chi connectivity index (χ0n) is 39.7. The van der Waals surface area contributed by atoms with Crippen molar-refractivity contribution in [1.29, 1.82) is 0 Å². The van der Waals surface area contributed by atoms with E-state index >= 15 is 0 Å². The topological polar surface area (TPSA) is 27.1 Å². The zero-order valence-corrected chi connectivity index (χ0v) is 39.7. The summed E-state index contributed by atoms with van der Waals surface area (Å²) in [6, 6.07) is 41.5. The summed E-state index contributed by atoms with van der Waals surface area (Å²) in [6.45, 7) is 34.6. The molecule has 1 unspecified atom stereocenters. The highest BCUT2D eigenvalue weighted by Crippen LogP contribution is 2.76. The van der Waals surface area contributed by atoms with Crippen molar-refractivity contribution in [2.75, 3.05) is 0 Å². The van der Waals surface area contributed by atoms with Gasteiger partial charge in [0.1, 0.15) is 17.3 Å². The number of hydrogen-bond donors (Lipinski definition) is 0. The first-order chi connectivity index (χ1) is 29.1. The third kappa shape index (κ3) is 6.61. The lowest BCUT2D eigenvalue weighted by Crippen LogP contribution is -2.47. The molecule has 1 saturated heterocycles. The number of pyridine rings is 1. The second kappa shape index (κ2) is 14.1. The zero-order chi connectivity index (χ0) is 44.4. The second-order valence-corrected chi connectivity index (χ2v) is 22.3. The maximum Gasteiger partial charge on any atom is 0.225 e. The highest BCUT2D eigenvalue weighted by Gasteiger charge is 2.78. The summed E-state index contributed by atoms with van der Waals surface area (Å²) in [5, 5.41) is 2.41. The Balaban J connectivity index is 1.21. The molecular weight excluding hydrogens is 757 g/mol. The van der Waals surface area contributed by atoms with E-state index in [0.717, 1.165) is 41.2 Å². The fraction of sp³-hybridized carbons (Fsp3) is 0.368. The van der Waals surface area contributed by atoms with E-state index in [1.807, 2.05) is 6.20 Å². The molecule has 0 spiro atoms. The molecular formula is C57H67N4O+. The standard InChI is InChI=1S/C57H67N4O/c1-15-37(16-2)38-18-17-19-43(28-38)60-36-61(60,52-32-40(55(6,7)8)21-25-51(52)60)44-29-42(57(12,13)14)30-46(34-44)62-45-22-23-47-48-31-39(54(3,4)5)20-24-49(48)59(50(47)35-45)53-33-41(26-27-58-53)56(9,10)11/h17-37H,15-16H2,1-14H3/q+1/t60-,61?/m0/s1. The molecule has 0 radical (unpaired) electrons. The molecule has 0 saturated carbocycles. The molecule has 5 heteroatoms. The highest BCUT2D eigenvalue weighted by molar-refractivity contribution is 6.10. The average Bonchev–Trinajstić information content (AvgIpc) is 3.71. The maximum absolute atomic E-state index is 7.11. The van der Waals surface area contributed by atoms with Crippen LogP contribution in [0.25, 0.3) is 27.6 Å². The van der Waals surface area contributed by atoms with Crippen LogP contribution in [0.5, 0.6) is 11.5 Å². The van der Waals surface area contributed by atoms with E-state index in [-0.39, 0.29) is 21.7 Å². The normalized spacial score (nSPS) is 18.8. The molecule has 1 fully saturated rings. The van der Waals surface area contributed by atoms with Gasteiger partial charge >= 0.3 is 0 Å². The van der Waals surface area contributed by atoms with Crippen LogP contribution in [-0.2, 0) is 21.7 Å². The number of ether oxygens (including phenoxy) is 1. The monoisotopic (exact) mass is 824 g/mol. The summed E-state index contributed by atoms with van der Waals surface area (Å²) in [4.78, 5) is 4.99. The molecule has 2 aliphatic rings. The minimum Gasteiger partial charge on any atom is -0.457 e. The van der Waals surface area contributed by atoms with Crippen LogP contribution in [0.1, 0.15) is 144 Å². The van der Waals surface area contributed by atoms with Crippen LogP contribution in [0.15, 0.2) is 115 Å². The van der Waals surface area contributed by atoms with Crippen LogP contribution in [0.2, 0.25) is 0 Å². The number of fused-ring (bicyclic) bond motifs is 7. The number of aromatic nitrogens is 2. The third-order valence-electron chi connectivity index (χ3n) is 13.9. The Kier molecular flexibility index (Phi) is 9.60. The van der Waals surface area contributed by atoms with Crippen molar-refractivity contribution in [2.24, 2.45) is 0 Å². The Labute approximate surface area is 371 Å². The van der Waals surface area contributed by atoms with Gasteiger partial charge in [0.15, 0.2) is 18.0 Å². The fourth-order valence-corrected chi connectivity index (χ4v) is 9.91. The Morgan fingerprint density at radius 2 is 1.18 bits per heavy atom. The van der Waals surface area contributed by atoms with Gasteiger partial charge in [-0.2, -0.15) is 9.18 Å². The summed E-state index contributed by atoms with van der Waals surface area (Å²) in [5.41, 5.74) is 13.9. The molecule has 62 heavy (non-hydrogen) atoms. The lowest BCUT2D eigenvalue weighted by atomic mass is 9.85. The van der Waals surface area contributed by atoms with E-state index < -0.39 is 0 Å². The van der Waals surface area contributed by atoms with E-state index in [1.165, 1.54) is 61.3 Å². The molecule has 5 aromatic carbocycles. The molecule has 9 rings (SSSR count). The molecule has 2 aromatic heterocycles. The molecule has 7 aromatic rings. The minimum atomic E-state index is -0.112. The van der Waals surface area contributed by atoms with Crippen LogP contribution in [-0.4, -0.2) is 9.55 Å².